The van der Waals surface area contributed by atoms with Crippen molar-refractivity contribution in [3.05, 3.63) is 72.1 Å². The van der Waals surface area contributed by atoms with E-state index in [1.165, 1.54) is 5.56 Å². The van der Waals surface area contributed by atoms with Gasteiger partial charge >= 0.3 is 0 Å². The van der Waals surface area contributed by atoms with E-state index in [2.05, 4.69) is 61.7 Å². The summed E-state index contributed by atoms with van der Waals surface area (Å²) in [5.41, 5.74) is 12.1. The van der Waals surface area contributed by atoms with E-state index in [-0.39, 0.29) is 5.95 Å². The van der Waals surface area contributed by atoms with Crippen LogP contribution in [0.5, 0.6) is 0 Å². The van der Waals surface area contributed by atoms with Crippen molar-refractivity contribution in [3.8, 4) is 11.1 Å². The summed E-state index contributed by atoms with van der Waals surface area (Å²) in [7, 11) is 0. The molecular formula is C21H16N6. The maximum atomic E-state index is 5.69. The van der Waals surface area contributed by atoms with Crippen LogP contribution in [0.4, 0.5) is 17.5 Å². The van der Waals surface area contributed by atoms with Crippen LogP contribution in [0.25, 0.3) is 22.0 Å². The quantitative estimate of drug-likeness (QED) is 0.583. The topological polar surface area (TPSA) is 89.1 Å². The molecule has 0 fully saturated rings. The number of nitrogens with zero attached hydrogens (tertiary/aromatic N) is 4. The smallest absolute Gasteiger partial charge is 0.221 e. The third kappa shape index (κ3) is 2.77. The molecule has 0 atom stereocenters. The molecule has 6 nitrogen and oxygen atoms in total. The first-order valence-corrected chi connectivity index (χ1v) is 8.64. The Bertz CT molecular complexity index is 1190. The minimum atomic E-state index is 0.237. The van der Waals surface area contributed by atoms with Crippen LogP contribution in [0, 0.1) is 0 Å². The van der Waals surface area contributed by atoms with Crippen molar-refractivity contribution in [2.24, 2.45) is 4.99 Å². The third-order valence-electron chi connectivity index (χ3n) is 4.63. The Morgan fingerprint density at radius 3 is 2.78 bits per heavy atom. The Balaban J connectivity index is 1.67. The van der Waals surface area contributed by atoms with Gasteiger partial charge in [0.15, 0.2) is 0 Å². The molecule has 1 aliphatic heterocycles. The van der Waals surface area contributed by atoms with Crippen LogP contribution < -0.4 is 11.1 Å². The molecule has 5 rings (SSSR count). The van der Waals surface area contributed by atoms with Gasteiger partial charge in [-0.15, -0.1) is 0 Å². The van der Waals surface area contributed by atoms with Gasteiger partial charge in [0.2, 0.25) is 5.95 Å². The summed E-state index contributed by atoms with van der Waals surface area (Å²) < 4.78 is 0. The maximum absolute atomic E-state index is 5.69. The van der Waals surface area contributed by atoms with Gasteiger partial charge in [0.05, 0.1) is 12.1 Å². The van der Waals surface area contributed by atoms with Gasteiger partial charge in [-0.25, -0.2) is 4.98 Å². The molecule has 27 heavy (non-hydrogen) atoms. The summed E-state index contributed by atoms with van der Waals surface area (Å²) in [6.07, 6.45) is 5.38. The lowest BCUT2D eigenvalue weighted by molar-refractivity contribution is 1.11. The Morgan fingerprint density at radius 1 is 0.926 bits per heavy atom. The lowest BCUT2D eigenvalue weighted by atomic mass is 9.94. The van der Waals surface area contributed by atoms with Crippen molar-refractivity contribution in [1.82, 2.24) is 15.0 Å². The lowest BCUT2D eigenvalue weighted by Gasteiger charge is -2.14. The van der Waals surface area contributed by atoms with Gasteiger partial charge in [-0.05, 0) is 35.4 Å². The normalized spacial score (nSPS) is 12.3. The molecule has 0 saturated carbocycles. The molecule has 3 heterocycles. The van der Waals surface area contributed by atoms with Crippen molar-refractivity contribution in [3.63, 3.8) is 0 Å². The molecular weight excluding hydrogens is 336 g/mol. The van der Waals surface area contributed by atoms with Gasteiger partial charge in [0, 0.05) is 40.8 Å². The molecule has 0 radical (unpaired) electrons. The Hall–Kier alpha value is -3.80. The summed E-state index contributed by atoms with van der Waals surface area (Å²) >= 11 is 0. The fraction of sp³-hybridized carbons (Fsp3) is 0.0476. The summed E-state index contributed by atoms with van der Waals surface area (Å²) in [6, 6.07) is 16.3. The van der Waals surface area contributed by atoms with E-state index in [1.54, 1.807) is 12.3 Å². The zero-order chi connectivity index (χ0) is 18.2. The Labute approximate surface area is 155 Å². The highest BCUT2D eigenvalue weighted by molar-refractivity contribution is 5.98. The number of fused-ring (bicyclic) bond motifs is 2. The highest BCUT2D eigenvalue weighted by Gasteiger charge is 2.17. The average Bonchev–Trinajstić information content (AvgIpc) is 3.16. The van der Waals surface area contributed by atoms with Gasteiger partial charge in [-0.2, -0.15) is 4.98 Å². The monoisotopic (exact) mass is 352 g/mol. The molecule has 0 amide bonds. The second-order valence-corrected chi connectivity index (χ2v) is 6.37. The molecule has 0 aliphatic carbocycles. The molecule has 130 valence electrons. The van der Waals surface area contributed by atoms with E-state index in [4.69, 9.17) is 5.73 Å². The van der Waals surface area contributed by atoms with Crippen LogP contribution in [0.2, 0.25) is 0 Å². The van der Waals surface area contributed by atoms with Crippen LogP contribution >= 0.6 is 0 Å². The molecule has 1 aliphatic rings. The molecule has 0 saturated heterocycles. The fourth-order valence-corrected chi connectivity index (χ4v) is 3.45. The molecule has 0 bridgehead atoms. The molecule has 0 spiro atoms. The second-order valence-electron chi connectivity index (χ2n) is 6.37. The lowest BCUT2D eigenvalue weighted by Crippen LogP contribution is -2.01. The van der Waals surface area contributed by atoms with Crippen LogP contribution in [-0.2, 0) is 6.54 Å². The number of benzene rings is 2. The van der Waals surface area contributed by atoms with Gasteiger partial charge in [0.25, 0.3) is 0 Å². The van der Waals surface area contributed by atoms with E-state index in [1.807, 2.05) is 18.5 Å². The highest BCUT2D eigenvalue weighted by atomic mass is 15.1. The minimum absolute atomic E-state index is 0.237. The maximum Gasteiger partial charge on any atom is 0.221 e. The first-order valence-electron chi connectivity index (χ1n) is 8.64. The van der Waals surface area contributed by atoms with Gasteiger partial charge in [0.1, 0.15) is 5.82 Å². The number of hydrogen-bond donors (Lipinski definition) is 2. The Morgan fingerprint density at radius 2 is 1.85 bits per heavy atom. The molecule has 4 aromatic rings. The molecule has 0 unspecified atom stereocenters. The third-order valence-corrected chi connectivity index (χ3v) is 4.63. The molecule has 2 aromatic heterocycles. The number of rotatable bonds is 3. The molecule has 2 aromatic carbocycles. The van der Waals surface area contributed by atoms with E-state index in [9.17, 15) is 0 Å². The number of nitrogens with one attached hydrogen (secondary N) is 1. The van der Waals surface area contributed by atoms with Crippen molar-refractivity contribution >= 4 is 34.6 Å². The predicted molar refractivity (Wildman–Crippen MR) is 108 cm³/mol. The number of pyridine rings is 1. The van der Waals surface area contributed by atoms with Crippen LogP contribution in [-0.4, -0.2) is 21.2 Å². The molecule has 3 N–H and O–H groups in total. The van der Waals surface area contributed by atoms with Crippen molar-refractivity contribution < 1.29 is 0 Å². The van der Waals surface area contributed by atoms with Crippen molar-refractivity contribution in [1.29, 1.82) is 0 Å². The fourth-order valence-electron chi connectivity index (χ4n) is 3.45. The van der Waals surface area contributed by atoms with Gasteiger partial charge < -0.3 is 11.1 Å². The van der Waals surface area contributed by atoms with Crippen LogP contribution in [0.1, 0.15) is 11.1 Å². The number of nitrogens with two attached hydrogens (primary N) is 1. The summed E-state index contributed by atoms with van der Waals surface area (Å²) in [4.78, 5) is 17.2. The Kier molecular flexibility index (Phi) is 3.53. The van der Waals surface area contributed by atoms with Crippen molar-refractivity contribution in [2.75, 3.05) is 11.1 Å². The van der Waals surface area contributed by atoms with E-state index in [0.29, 0.717) is 12.4 Å². The van der Waals surface area contributed by atoms with E-state index in [0.717, 1.165) is 33.3 Å². The SMILES string of the molecule is Nc1nccc(Nc2cc3c(c(-c4cccc5cccnc45)c2)CN=C3)n1. The number of nitrogen functional groups attached to an aromatic ring is 1. The summed E-state index contributed by atoms with van der Waals surface area (Å²) in [5, 5.41) is 4.43. The van der Waals surface area contributed by atoms with Crippen LogP contribution in [0.15, 0.2) is 65.9 Å². The molecule has 6 heteroatoms. The number of hydrogen-bond acceptors (Lipinski definition) is 6. The predicted octanol–water partition coefficient (Wildman–Crippen LogP) is 3.95. The number of aromatic nitrogens is 3. The van der Waals surface area contributed by atoms with Gasteiger partial charge in [-0.1, -0.05) is 24.3 Å². The number of para-hydroxylation sites is 1. The largest absolute Gasteiger partial charge is 0.368 e. The zero-order valence-electron chi connectivity index (χ0n) is 14.4. The highest BCUT2D eigenvalue weighted by Crippen LogP contribution is 2.36. The van der Waals surface area contributed by atoms with Gasteiger partial charge in [-0.3, -0.25) is 9.98 Å². The minimum Gasteiger partial charge on any atom is -0.368 e. The summed E-state index contributed by atoms with van der Waals surface area (Å²) in [5.74, 6) is 0.889. The number of anilines is 3. The van der Waals surface area contributed by atoms with E-state index >= 15 is 0 Å². The first-order chi connectivity index (χ1) is 13.3. The van der Waals surface area contributed by atoms with Crippen molar-refractivity contribution in [2.45, 2.75) is 6.54 Å². The first kappa shape index (κ1) is 15.5. The second kappa shape index (κ2) is 6.17. The average molecular weight is 352 g/mol. The standard InChI is InChI=1S/C21H16N6/c22-21-25-8-6-19(27-21)26-15-9-14-11-23-12-18(14)17(10-15)16-5-1-3-13-4-2-7-24-20(13)16/h1-11H,12H2,(H3,22,25,26,27). The van der Waals surface area contributed by atoms with E-state index < -0.39 is 0 Å². The zero-order valence-corrected chi connectivity index (χ0v) is 14.4. The summed E-state index contributed by atoms with van der Waals surface area (Å²) in [6.45, 7) is 0.675. The number of aliphatic imine (C=N–C) groups is 1. The van der Waals surface area contributed by atoms with Crippen LogP contribution in [0.3, 0.4) is 0 Å².